The molecule has 0 aliphatic rings. The topological polar surface area (TPSA) is 65.9 Å². The van der Waals surface area contributed by atoms with Crippen molar-refractivity contribution in [1.29, 1.82) is 5.26 Å². The lowest BCUT2D eigenvalue weighted by molar-refractivity contribution is 0.285. The summed E-state index contributed by atoms with van der Waals surface area (Å²) in [6.45, 7) is 4.12. The molecule has 144 valence electrons. The van der Waals surface area contributed by atoms with Crippen molar-refractivity contribution in [3.8, 4) is 11.8 Å². The molecule has 0 aliphatic carbocycles. The van der Waals surface area contributed by atoms with E-state index in [-0.39, 0.29) is 5.56 Å². The highest BCUT2D eigenvalue weighted by Crippen LogP contribution is 2.31. The van der Waals surface area contributed by atoms with Gasteiger partial charge in [-0.2, -0.15) is 5.26 Å². The van der Waals surface area contributed by atoms with E-state index in [0.29, 0.717) is 35.2 Å². The fourth-order valence-electron chi connectivity index (χ4n) is 3.07. The van der Waals surface area contributed by atoms with Crippen LogP contribution in [0.25, 0.3) is 10.9 Å². The van der Waals surface area contributed by atoms with Crippen LogP contribution in [-0.2, 0) is 11.8 Å². The smallest absolute Gasteiger partial charge is 0.251 e. The quantitative estimate of drug-likeness (QED) is 0.566. The molecule has 2 aromatic carbocycles. The SMILES string of the molecule is CCc1cc2ccc(C(C)(C#N)CCOc3ccc(Cl)cc3Cl)cc2[nH]c1=O. The second kappa shape index (κ2) is 8.26. The van der Waals surface area contributed by atoms with Crippen LogP contribution in [0.15, 0.2) is 47.3 Å². The van der Waals surface area contributed by atoms with Crippen molar-refractivity contribution in [2.75, 3.05) is 6.61 Å². The number of hydrogen-bond acceptors (Lipinski definition) is 3. The maximum Gasteiger partial charge on any atom is 0.251 e. The molecule has 0 saturated carbocycles. The van der Waals surface area contributed by atoms with E-state index >= 15 is 0 Å². The van der Waals surface area contributed by atoms with Crippen LogP contribution in [0.3, 0.4) is 0 Å². The standard InChI is InChI=1S/C22H20Cl2N2O2/c1-3-14-10-15-4-5-16(11-19(15)26-21(14)27)22(2,13-25)8-9-28-20-7-6-17(23)12-18(20)24/h4-7,10-12H,3,8-9H2,1-2H3,(H,26,27). The van der Waals surface area contributed by atoms with E-state index in [1.165, 1.54) is 0 Å². The molecule has 3 aromatic rings. The van der Waals surface area contributed by atoms with Crippen LogP contribution in [0.1, 0.15) is 31.4 Å². The Morgan fingerprint density at radius 1 is 1.18 bits per heavy atom. The molecule has 0 radical (unpaired) electrons. The summed E-state index contributed by atoms with van der Waals surface area (Å²) in [4.78, 5) is 15.0. The van der Waals surface area contributed by atoms with Gasteiger partial charge in [0.1, 0.15) is 5.75 Å². The summed E-state index contributed by atoms with van der Waals surface area (Å²) in [6.07, 6.45) is 1.14. The summed E-state index contributed by atoms with van der Waals surface area (Å²) in [7, 11) is 0. The summed E-state index contributed by atoms with van der Waals surface area (Å²) >= 11 is 12.0. The van der Waals surface area contributed by atoms with Gasteiger partial charge in [0, 0.05) is 22.5 Å². The van der Waals surface area contributed by atoms with E-state index in [1.807, 2.05) is 38.1 Å². The van der Waals surface area contributed by atoms with Gasteiger partial charge in [0.05, 0.1) is 23.1 Å². The Kier molecular flexibility index (Phi) is 5.98. The van der Waals surface area contributed by atoms with E-state index in [9.17, 15) is 10.1 Å². The molecular weight excluding hydrogens is 395 g/mol. The summed E-state index contributed by atoms with van der Waals surface area (Å²) in [5, 5.41) is 11.7. The predicted octanol–water partition coefficient (Wildman–Crippen LogP) is 5.65. The second-order valence-electron chi connectivity index (χ2n) is 6.90. The highest BCUT2D eigenvalue weighted by molar-refractivity contribution is 6.35. The minimum absolute atomic E-state index is 0.0912. The van der Waals surface area contributed by atoms with Gasteiger partial charge in [-0.25, -0.2) is 0 Å². The number of H-pyrrole nitrogens is 1. The zero-order chi connectivity index (χ0) is 20.3. The molecule has 0 fully saturated rings. The van der Waals surface area contributed by atoms with E-state index in [2.05, 4.69) is 11.1 Å². The summed E-state index contributed by atoms with van der Waals surface area (Å²) < 4.78 is 5.75. The number of nitriles is 1. The highest BCUT2D eigenvalue weighted by atomic mass is 35.5. The Morgan fingerprint density at radius 2 is 1.96 bits per heavy atom. The third-order valence-electron chi connectivity index (χ3n) is 4.94. The van der Waals surface area contributed by atoms with E-state index < -0.39 is 5.41 Å². The molecule has 1 heterocycles. The molecule has 0 spiro atoms. The molecule has 6 heteroatoms. The van der Waals surface area contributed by atoms with Gasteiger partial charge >= 0.3 is 0 Å². The van der Waals surface area contributed by atoms with Crippen LogP contribution in [0.5, 0.6) is 5.75 Å². The number of benzene rings is 2. The maximum absolute atomic E-state index is 12.1. The summed E-state index contributed by atoms with van der Waals surface area (Å²) in [5.74, 6) is 0.529. The number of pyridine rings is 1. The number of nitrogens with one attached hydrogen (secondary N) is 1. The number of aromatic nitrogens is 1. The first-order chi connectivity index (χ1) is 13.4. The monoisotopic (exact) mass is 414 g/mol. The van der Waals surface area contributed by atoms with Gasteiger partial charge in [0.2, 0.25) is 0 Å². The molecule has 1 unspecified atom stereocenters. The zero-order valence-corrected chi connectivity index (χ0v) is 17.2. The number of hydrogen-bond donors (Lipinski definition) is 1. The fourth-order valence-corrected chi connectivity index (χ4v) is 3.54. The predicted molar refractivity (Wildman–Crippen MR) is 113 cm³/mol. The second-order valence-corrected chi connectivity index (χ2v) is 7.74. The van der Waals surface area contributed by atoms with Gasteiger partial charge in [0.25, 0.3) is 5.56 Å². The first kappa shape index (κ1) is 20.3. The van der Waals surface area contributed by atoms with Gasteiger partial charge in [-0.1, -0.05) is 42.3 Å². The first-order valence-electron chi connectivity index (χ1n) is 9.02. The van der Waals surface area contributed by atoms with Crippen LogP contribution < -0.4 is 10.3 Å². The lowest BCUT2D eigenvalue weighted by Gasteiger charge is -2.23. The van der Waals surface area contributed by atoms with Crippen LogP contribution in [0, 0.1) is 11.3 Å². The summed E-state index contributed by atoms with van der Waals surface area (Å²) in [5.41, 5.74) is 1.44. The largest absolute Gasteiger partial charge is 0.492 e. The van der Waals surface area contributed by atoms with Crippen LogP contribution in [0.2, 0.25) is 10.0 Å². The van der Waals surface area contributed by atoms with Crippen molar-refractivity contribution in [2.24, 2.45) is 0 Å². The Bertz CT molecular complexity index is 1120. The van der Waals surface area contributed by atoms with Crippen molar-refractivity contribution < 1.29 is 4.74 Å². The average molecular weight is 415 g/mol. The van der Waals surface area contributed by atoms with Gasteiger partial charge in [-0.05, 0) is 54.6 Å². The minimum Gasteiger partial charge on any atom is -0.492 e. The van der Waals surface area contributed by atoms with E-state index in [1.54, 1.807) is 18.2 Å². The zero-order valence-electron chi connectivity index (χ0n) is 15.7. The number of halogens is 2. The van der Waals surface area contributed by atoms with Crippen molar-refractivity contribution >= 4 is 34.1 Å². The molecule has 0 saturated heterocycles. The molecular formula is C22H20Cl2N2O2. The Hall–Kier alpha value is -2.48. The number of rotatable bonds is 6. The molecule has 1 atom stereocenters. The average Bonchev–Trinajstić information content (AvgIpc) is 2.68. The minimum atomic E-state index is -0.770. The lowest BCUT2D eigenvalue weighted by Crippen LogP contribution is -2.23. The molecule has 4 nitrogen and oxygen atoms in total. The Morgan fingerprint density at radius 3 is 2.64 bits per heavy atom. The van der Waals surface area contributed by atoms with Crippen LogP contribution in [-0.4, -0.2) is 11.6 Å². The molecule has 28 heavy (non-hydrogen) atoms. The van der Waals surface area contributed by atoms with Crippen molar-refractivity contribution in [3.63, 3.8) is 0 Å². The molecule has 0 bridgehead atoms. The Balaban J connectivity index is 1.82. The summed E-state index contributed by atoms with van der Waals surface area (Å²) in [6, 6.07) is 15.0. The normalized spacial score (nSPS) is 13.1. The first-order valence-corrected chi connectivity index (χ1v) is 9.77. The van der Waals surface area contributed by atoms with E-state index in [0.717, 1.165) is 22.0 Å². The fraction of sp³-hybridized carbons (Fsp3) is 0.273. The van der Waals surface area contributed by atoms with Crippen molar-refractivity contribution in [3.05, 3.63) is 74.0 Å². The van der Waals surface area contributed by atoms with Gasteiger partial charge < -0.3 is 9.72 Å². The molecule has 3 rings (SSSR count). The third kappa shape index (κ3) is 4.16. The van der Waals surface area contributed by atoms with Crippen molar-refractivity contribution in [2.45, 2.75) is 32.1 Å². The molecule has 1 N–H and O–H groups in total. The highest BCUT2D eigenvalue weighted by Gasteiger charge is 2.27. The number of fused-ring (bicyclic) bond motifs is 1. The molecule has 0 aliphatic heterocycles. The van der Waals surface area contributed by atoms with Crippen molar-refractivity contribution in [1.82, 2.24) is 4.98 Å². The Labute approximate surface area is 173 Å². The molecule has 0 amide bonds. The third-order valence-corrected chi connectivity index (χ3v) is 5.47. The van der Waals surface area contributed by atoms with Gasteiger partial charge in [0.15, 0.2) is 0 Å². The number of ether oxygens (including phenoxy) is 1. The van der Waals surface area contributed by atoms with Crippen LogP contribution in [0.4, 0.5) is 0 Å². The van der Waals surface area contributed by atoms with Gasteiger partial charge in [-0.15, -0.1) is 0 Å². The van der Waals surface area contributed by atoms with Gasteiger partial charge in [-0.3, -0.25) is 4.79 Å². The number of nitrogens with zero attached hydrogens (tertiary/aromatic N) is 1. The number of aromatic amines is 1. The number of aryl methyl sites for hydroxylation is 1. The lowest BCUT2D eigenvalue weighted by atomic mass is 9.81. The maximum atomic E-state index is 12.1. The van der Waals surface area contributed by atoms with Crippen LogP contribution >= 0.6 is 23.2 Å². The van der Waals surface area contributed by atoms with E-state index in [4.69, 9.17) is 27.9 Å². The molecule has 1 aromatic heterocycles.